The lowest BCUT2D eigenvalue weighted by Gasteiger charge is -2.39. The van der Waals surface area contributed by atoms with E-state index in [2.05, 4.69) is 9.05 Å². The molecule has 6 nitrogen and oxygen atoms in total. The van der Waals surface area contributed by atoms with E-state index in [0.29, 0.717) is 19.1 Å². The van der Waals surface area contributed by atoms with Gasteiger partial charge in [-0.1, -0.05) is 24.3 Å². The van der Waals surface area contributed by atoms with Crippen molar-refractivity contribution in [1.82, 2.24) is 0 Å². The van der Waals surface area contributed by atoms with E-state index >= 15 is 0 Å². The van der Waals surface area contributed by atoms with Crippen LogP contribution < -0.4 is 0 Å². The van der Waals surface area contributed by atoms with Crippen molar-refractivity contribution in [3.8, 4) is 0 Å². The molecule has 0 aromatic heterocycles. The predicted molar refractivity (Wildman–Crippen MR) is 82.2 cm³/mol. The number of alkyl halides is 4. The summed E-state index contributed by atoms with van der Waals surface area (Å²) in [6.45, 7) is 1.78. The fraction of sp³-hybridized carbons (Fsp3) is 0.571. The summed E-state index contributed by atoms with van der Waals surface area (Å²) in [5.74, 6) is -5.15. The first-order chi connectivity index (χ1) is 11.4. The highest BCUT2D eigenvalue weighted by Gasteiger charge is 2.78. The summed E-state index contributed by atoms with van der Waals surface area (Å²) in [6, 6.07) is 0. The van der Waals surface area contributed by atoms with Gasteiger partial charge in [0.1, 0.15) is 5.41 Å². The summed E-state index contributed by atoms with van der Waals surface area (Å²) in [5, 5.41) is 11.2. The van der Waals surface area contributed by atoms with Gasteiger partial charge in [0, 0.05) is 6.08 Å². The number of hydrogen-bond acceptors (Lipinski definition) is 5. The molecule has 1 rings (SSSR count). The van der Waals surface area contributed by atoms with Gasteiger partial charge in [-0.2, -0.15) is 17.6 Å². The molecular weight excluding hydrogens is 369 g/mol. The third kappa shape index (κ3) is 3.43. The molecule has 1 atom stereocenters. The first-order valence-electron chi connectivity index (χ1n) is 7.27. The van der Waals surface area contributed by atoms with Crippen LogP contribution in [0.3, 0.4) is 0 Å². The minimum absolute atomic E-state index is 0.571. The molecule has 0 radical (unpaired) electrons. The second-order valence-corrected chi connectivity index (χ2v) is 7.28. The third-order valence-electron chi connectivity index (χ3n) is 3.61. The molecule has 0 N–H and O–H groups in total. The second-order valence-electron chi connectivity index (χ2n) is 5.20. The maximum atomic E-state index is 14.9. The second kappa shape index (κ2) is 7.39. The van der Waals surface area contributed by atoms with Crippen LogP contribution in [0.4, 0.5) is 17.6 Å². The highest BCUT2D eigenvalue weighted by molar-refractivity contribution is 7.55. The number of nitrogens with zero attached hydrogens (tertiary/aromatic N) is 1. The third-order valence-corrected chi connectivity index (χ3v) is 5.77. The highest BCUT2D eigenvalue weighted by Crippen LogP contribution is 2.71. The van der Waals surface area contributed by atoms with E-state index in [9.17, 15) is 32.2 Å². The summed E-state index contributed by atoms with van der Waals surface area (Å²) in [7, 11) is -5.61. The topological polar surface area (TPSA) is 78.7 Å². The molecular formula is C14H18F4NO5P. The number of hydrogen-bond donors (Lipinski definition) is 0. The van der Waals surface area contributed by atoms with Crippen molar-refractivity contribution in [3.05, 3.63) is 46.2 Å². The zero-order chi connectivity index (χ0) is 19.5. The Labute approximate surface area is 141 Å². The largest absolute Gasteiger partial charge is 0.409 e. The first-order valence-corrected chi connectivity index (χ1v) is 8.81. The Morgan fingerprint density at radius 2 is 1.68 bits per heavy atom. The lowest BCUT2D eigenvalue weighted by atomic mass is 9.79. The van der Waals surface area contributed by atoms with E-state index in [4.69, 9.17) is 0 Å². The predicted octanol–water partition coefficient (Wildman–Crippen LogP) is 4.77. The van der Waals surface area contributed by atoms with Crippen molar-refractivity contribution >= 4 is 7.60 Å². The Hall–Kier alpha value is -1.51. The molecule has 142 valence electrons. The van der Waals surface area contributed by atoms with Gasteiger partial charge in [-0.15, -0.1) is 0 Å². The van der Waals surface area contributed by atoms with Crippen LogP contribution in [0.15, 0.2) is 36.1 Å². The molecule has 0 heterocycles. The van der Waals surface area contributed by atoms with Gasteiger partial charge in [0.2, 0.25) is 0 Å². The fourth-order valence-corrected chi connectivity index (χ4v) is 3.91. The van der Waals surface area contributed by atoms with Crippen LogP contribution in [0, 0.1) is 15.5 Å². The van der Waals surface area contributed by atoms with Crippen LogP contribution in [0.25, 0.3) is 0 Å². The summed E-state index contributed by atoms with van der Waals surface area (Å²) >= 11 is 0. The van der Waals surface area contributed by atoms with E-state index in [0.717, 1.165) is 12.2 Å². The summed E-state index contributed by atoms with van der Waals surface area (Å²) in [5.41, 5.74) is -9.56. The maximum absolute atomic E-state index is 14.9. The minimum Gasteiger partial charge on any atom is -0.305 e. The quantitative estimate of drug-likeness (QED) is 0.259. The average molecular weight is 387 g/mol. The van der Waals surface area contributed by atoms with Gasteiger partial charge in [-0.05, 0) is 20.8 Å². The van der Waals surface area contributed by atoms with E-state index < -0.39 is 48.4 Å². The molecule has 0 aromatic rings. The van der Waals surface area contributed by atoms with E-state index in [1.807, 2.05) is 0 Å². The zero-order valence-corrected chi connectivity index (χ0v) is 14.6. The van der Waals surface area contributed by atoms with Gasteiger partial charge < -0.3 is 9.05 Å². The molecule has 0 aromatic carbocycles. The summed E-state index contributed by atoms with van der Waals surface area (Å²) < 4.78 is 80.1. The standard InChI is InChI=1S/C14H18F4NO5P/c1-4-23-25(22,24-5-2)14(17,18)13(15,16)12(3)10-8-6-7-9-11(12)19(20)21/h6-10H,4-5H2,1-3H3. The number of nitro groups is 1. The first kappa shape index (κ1) is 21.5. The van der Waals surface area contributed by atoms with E-state index in [1.165, 1.54) is 19.9 Å². The molecule has 1 unspecified atom stereocenters. The van der Waals surface area contributed by atoms with E-state index in [-0.39, 0.29) is 0 Å². The van der Waals surface area contributed by atoms with Crippen molar-refractivity contribution in [2.75, 3.05) is 13.2 Å². The molecule has 0 spiro atoms. The van der Waals surface area contributed by atoms with Gasteiger partial charge in [0.25, 0.3) is 5.70 Å². The normalized spacial score (nSPS) is 21.8. The van der Waals surface area contributed by atoms with Crippen LogP contribution in [-0.4, -0.2) is 29.7 Å². The molecule has 1 aliphatic carbocycles. The molecule has 1 aliphatic rings. The zero-order valence-electron chi connectivity index (χ0n) is 13.7. The van der Waals surface area contributed by atoms with Crippen molar-refractivity contribution in [1.29, 1.82) is 0 Å². The Bertz CT molecular complexity index is 652. The number of rotatable bonds is 8. The maximum Gasteiger partial charge on any atom is 0.409 e. The van der Waals surface area contributed by atoms with Gasteiger partial charge in [0.05, 0.1) is 18.1 Å². The Balaban J connectivity index is 3.60. The number of halogens is 4. The molecule has 11 heteroatoms. The van der Waals surface area contributed by atoms with Crippen molar-refractivity contribution < 1.29 is 36.1 Å². The molecule has 0 saturated heterocycles. The van der Waals surface area contributed by atoms with Gasteiger partial charge in [0.15, 0.2) is 0 Å². The van der Waals surface area contributed by atoms with E-state index in [1.54, 1.807) is 0 Å². The summed E-state index contributed by atoms with van der Waals surface area (Å²) in [4.78, 5) is 9.97. The van der Waals surface area contributed by atoms with Crippen LogP contribution in [0.1, 0.15) is 20.8 Å². The monoisotopic (exact) mass is 387 g/mol. The van der Waals surface area contributed by atoms with Crippen LogP contribution in [0.5, 0.6) is 0 Å². The fourth-order valence-electron chi connectivity index (χ4n) is 2.26. The van der Waals surface area contributed by atoms with Crippen molar-refractivity contribution in [2.45, 2.75) is 32.4 Å². The van der Waals surface area contributed by atoms with Gasteiger partial charge >= 0.3 is 19.2 Å². The van der Waals surface area contributed by atoms with Gasteiger partial charge in [-0.3, -0.25) is 14.7 Å². The molecule has 0 saturated carbocycles. The van der Waals surface area contributed by atoms with Crippen molar-refractivity contribution in [2.24, 2.45) is 5.41 Å². The Morgan fingerprint density at radius 3 is 2.12 bits per heavy atom. The van der Waals surface area contributed by atoms with Crippen LogP contribution >= 0.6 is 7.60 Å². The number of allylic oxidation sites excluding steroid dienone is 5. The molecule has 25 heavy (non-hydrogen) atoms. The molecule has 0 aliphatic heterocycles. The SMILES string of the molecule is CCOP(=O)(OCC)C(F)(F)C(F)(F)C1(C)C=CC=CC=C1[N+](=O)[O-]. The average Bonchev–Trinajstić information content (AvgIpc) is 2.70. The van der Waals surface area contributed by atoms with Gasteiger partial charge in [-0.25, -0.2) is 0 Å². The molecule has 0 fully saturated rings. The highest BCUT2D eigenvalue weighted by atomic mass is 31.2. The van der Waals surface area contributed by atoms with Crippen LogP contribution in [-0.2, 0) is 13.6 Å². The summed E-state index contributed by atoms with van der Waals surface area (Å²) in [6.07, 6.45) is 4.48. The van der Waals surface area contributed by atoms with Crippen molar-refractivity contribution in [3.63, 3.8) is 0 Å². The van der Waals surface area contributed by atoms with Crippen LogP contribution in [0.2, 0.25) is 0 Å². The molecule has 0 bridgehead atoms. The minimum atomic E-state index is -5.61. The lowest BCUT2D eigenvalue weighted by Crippen LogP contribution is -2.53. The smallest absolute Gasteiger partial charge is 0.305 e. The Kier molecular flexibility index (Phi) is 6.36. The Morgan fingerprint density at radius 1 is 1.16 bits per heavy atom. The molecule has 0 amide bonds. The lowest BCUT2D eigenvalue weighted by molar-refractivity contribution is -0.448.